The van der Waals surface area contributed by atoms with Crippen LogP contribution in [0.2, 0.25) is 0 Å². The van der Waals surface area contributed by atoms with Crippen molar-refractivity contribution in [2.24, 2.45) is 0 Å². The second kappa shape index (κ2) is 7.31. The molecule has 0 amide bonds. The number of nitrogens with zero attached hydrogens (tertiary/aromatic N) is 1. The standard InChI is InChI=1S/C15H18N2O4S2/c1-16-9-11-3-4-17-15(7-11)13-5-12(10-22(18)19)6-14(8-13)23(2,20)21/h3-8,16H,9-10H2,1-2H3,(H,18,19). The summed E-state index contributed by atoms with van der Waals surface area (Å²) >= 11 is -2.05. The number of nitrogens with one attached hydrogen (secondary N) is 1. The van der Waals surface area contributed by atoms with Gasteiger partial charge in [0.2, 0.25) is 0 Å². The third kappa shape index (κ3) is 4.93. The van der Waals surface area contributed by atoms with Crippen LogP contribution in [-0.2, 0) is 33.2 Å². The predicted octanol–water partition coefficient (Wildman–Crippen LogP) is 1.59. The maximum absolute atomic E-state index is 11.9. The van der Waals surface area contributed by atoms with Crippen LogP contribution in [0, 0.1) is 0 Å². The molecule has 0 aliphatic carbocycles. The van der Waals surface area contributed by atoms with Gasteiger partial charge in [-0.15, -0.1) is 0 Å². The lowest BCUT2D eigenvalue weighted by Gasteiger charge is -2.09. The van der Waals surface area contributed by atoms with Crippen LogP contribution in [-0.4, -0.2) is 35.5 Å². The molecule has 1 atom stereocenters. The van der Waals surface area contributed by atoms with Crippen LogP contribution in [0.25, 0.3) is 11.3 Å². The first-order valence-corrected chi connectivity index (χ1v) is 9.97. The number of sulfone groups is 1. The molecule has 0 bridgehead atoms. The Bertz CT molecular complexity index is 835. The fourth-order valence-corrected chi connectivity index (χ4v) is 3.35. The number of benzene rings is 1. The SMILES string of the molecule is CNCc1ccnc(-c2cc(CS(=O)O)cc(S(C)(=O)=O)c2)c1. The average Bonchev–Trinajstić information content (AvgIpc) is 2.46. The van der Waals surface area contributed by atoms with Crippen LogP contribution in [0.4, 0.5) is 0 Å². The summed E-state index contributed by atoms with van der Waals surface area (Å²) in [6.07, 6.45) is 2.76. The van der Waals surface area contributed by atoms with Gasteiger partial charge in [0.25, 0.3) is 0 Å². The van der Waals surface area contributed by atoms with Gasteiger partial charge < -0.3 is 9.87 Å². The highest BCUT2D eigenvalue weighted by Gasteiger charge is 2.13. The third-order valence-corrected chi connectivity index (χ3v) is 4.86. The molecule has 0 spiro atoms. The summed E-state index contributed by atoms with van der Waals surface area (Å²) in [7, 11) is -1.60. The first-order valence-electron chi connectivity index (χ1n) is 6.81. The minimum atomic E-state index is -3.43. The van der Waals surface area contributed by atoms with E-state index in [1.54, 1.807) is 12.3 Å². The van der Waals surface area contributed by atoms with Gasteiger partial charge in [-0.25, -0.2) is 12.6 Å². The monoisotopic (exact) mass is 354 g/mol. The number of rotatable bonds is 6. The molecule has 0 aliphatic heterocycles. The van der Waals surface area contributed by atoms with Crippen LogP contribution in [0.15, 0.2) is 41.4 Å². The summed E-state index contributed by atoms with van der Waals surface area (Å²) in [6, 6.07) is 8.37. The van der Waals surface area contributed by atoms with E-state index in [2.05, 4.69) is 10.3 Å². The Morgan fingerprint density at radius 3 is 2.57 bits per heavy atom. The van der Waals surface area contributed by atoms with Crippen LogP contribution in [0.3, 0.4) is 0 Å². The molecule has 1 heterocycles. The largest absolute Gasteiger partial charge is 0.316 e. The summed E-state index contributed by atoms with van der Waals surface area (Å²) in [5, 5.41) is 3.04. The van der Waals surface area contributed by atoms with Crippen LogP contribution in [0.1, 0.15) is 11.1 Å². The first kappa shape index (κ1) is 17.7. The molecule has 6 nitrogen and oxygen atoms in total. The Morgan fingerprint density at radius 2 is 1.96 bits per heavy atom. The van der Waals surface area contributed by atoms with E-state index >= 15 is 0 Å². The van der Waals surface area contributed by atoms with E-state index < -0.39 is 20.9 Å². The molecule has 1 unspecified atom stereocenters. The summed E-state index contributed by atoms with van der Waals surface area (Å²) in [5.41, 5.74) is 2.71. The van der Waals surface area contributed by atoms with Crippen molar-refractivity contribution in [2.45, 2.75) is 17.2 Å². The third-order valence-electron chi connectivity index (χ3n) is 3.19. The Labute approximate surface area is 138 Å². The lowest BCUT2D eigenvalue weighted by atomic mass is 10.1. The van der Waals surface area contributed by atoms with Crippen LogP contribution >= 0.6 is 0 Å². The summed E-state index contributed by atoms with van der Waals surface area (Å²) < 4.78 is 43.8. The van der Waals surface area contributed by atoms with Crippen molar-refractivity contribution in [1.29, 1.82) is 0 Å². The van der Waals surface area contributed by atoms with E-state index in [1.165, 1.54) is 12.1 Å². The fraction of sp³-hybridized carbons (Fsp3) is 0.267. The highest BCUT2D eigenvalue weighted by atomic mass is 32.2. The molecule has 8 heteroatoms. The highest BCUT2D eigenvalue weighted by molar-refractivity contribution is 7.90. The van der Waals surface area contributed by atoms with Gasteiger partial charge in [0, 0.05) is 24.6 Å². The molecule has 2 rings (SSSR count). The van der Waals surface area contributed by atoms with Crippen molar-refractivity contribution in [3.63, 3.8) is 0 Å². The lowest BCUT2D eigenvalue weighted by molar-refractivity contribution is 0.563. The van der Waals surface area contributed by atoms with Gasteiger partial charge in [-0.1, -0.05) is 0 Å². The minimum Gasteiger partial charge on any atom is -0.316 e. The van der Waals surface area contributed by atoms with Crippen molar-refractivity contribution in [3.8, 4) is 11.3 Å². The molecule has 0 aliphatic rings. The zero-order valence-corrected chi connectivity index (χ0v) is 14.4. The quantitative estimate of drug-likeness (QED) is 0.765. The second-order valence-electron chi connectivity index (χ2n) is 5.18. The van der Waals surface area contributed by atoms with Gasteiger partial charge in [0.05, 0.1) is 16.3 Å². The van der Waals surface area contributed by atoms with Gasteiger partial charge in [-0.2, -0.15) is 0 Å². The lowest BCUT2D eigenvalue weighted by Crippen LogP contribution is -2.05. The normalized spacial score (nSPS) is 13.0. The fourth-order valence-electron chi connectivity index (χ4n) is 2.19. The van der Waals surface area contributed by atoms with Crippen molar-refractivity contribution < 1.29 is 17.2 Å². The molecule has 1 aromatic carbocycles. The summed E-state index contributed by atoms with van der Waals surface area (Å²) in [5.74, 6) is -0.132. The number of pyridine rings is 1. The smallest absolute Gasteiger partial charge is 0.175 e. The molecule has 2 aromatic rings. The molecular formula is C15H18N2O4S2. The van der Waals surface area contributed by atoms with Crippen molar-refractivity contribution in [3.05, 3.63) is 47.7 Å². The summed E-state index contributed by atoms with van der Waals surface area (Å²) in [4.78, 5) is 4.38. The van der Waals surface area contributed by atoms with Crippen LogP contribution < -0.4 is 5.32 Å². The van der Waals surface area contributed by atoms with E-state index in [0.29, 0.717) is 23.4 Å². The molecule has 2 N–H and O–H groups in total. The van der Waals surface area contributed by atoms with Crippen molar-refractivity contribution in [2.75, 3.05) is 13.3 Å². The van der Waals surface area contributed by atoms with Gasteiger partial charge in [-0.3, -0.25) is 4.98 Å². The second-order valence-corrected chi connectivity index (χ2v) is 8.13. The van der Waals surface area contributed by atoms with Gasteiger partial charge in [0.15, 0.2) is 20.9 Å². The number of hydrogen-bond acceptors (Lipinski definition) is 5. The zero-order chi connectivity index (χ0) is 17.0. The number of aromatic nitrogens is 1. The Kier molecular flexibility index (Phi) is 5.64. The molecule has 0 fully saturated rings. The summed E-state index contributed by atoms with van der Waals surface area (Å²) in [6.45, 7) is 0.662. The Morgan fingerprint density at radius 1 is 1.22 bits per heavy atom. The van der Waals surface area contributed by atoms with E-state index in [1.807, 2.05) is 19.2 Å². The van der Waals surface area contributed by atoms with Crippen LogP contribution in [0.5, 0.6) is 0 Å². The molecule has 0 radical (unpaired) electrons. The molecule has 0 saturated carbocycles. The zero-order valence-electron chi connectivity index (χ0n) is 12.8. The Balaban J connectivity index is 2.56. The maximum atomic E-state index is 11.9. The van der Waals surface area contributed by atoms with E-state index in [4.69, 9.17) is 4.55 Å². The average molecular weight is 354 g/mol. The maximum Gasteiger partial charge on any atom is 0.175 e. The van der Waals surface area contributed by atoms with Crippen molar-refractivity contribution in [1.82, 2.24) is 10.3 Å². The highest BCUT2D eigenvalue weighted by Crippen LogP contribution is 2.24. The topological polar surface area (TPSA) is 96.4 Å². The predicted molar refractivity (Wildman–Crippen MR) is 90.0 cm³/mol. The Hall–Kier alpha value is -1.61. The molecular weight excluding hydrogens is 336 g/mol. The minimum absolute atomic E-state index is 0.108. The van der Waals surface area contributed by atoms with E-state index in [-0.39, 0.29) is 10.6 Å². The van der Waals surface area contributed by atoms with Crippen molar-refractivity contribution >= 4 is 20.9 Å². The first-order chi connectivity index (χ1) is 10.8. The molecule has 1 aromatic heterocycles. The molecule has 124 valence electrons. The van der Waals surface area contributed by atoms with Gasteiger partial charge in [0.1, 0.15) is 0 Å². The molecule has 23 heavy (non-hydrogen) atoms. The van der Waals surface area contributed by atoms with E-state index in [0.717, 1.165) is 11.8 Å². The van der Waals surface area contributed by atoms with Gasteiger partial charge >= 0.3 is 0 Å². The van der Waals surface area contributed by atoms with E-state index in [9.17, 15) is 12.6 Å². The number of hydrogen-bond donors (Lipinski definition) is 2. The van der Waals surface area contributed by atoms with Gasteiger partial charge in [-0.05, 0) is 48.5 Å². The molecule has 0 saturated heterocycles.